The van der Waals surface area contributed by atoms with Gasteiger partial charge < -0.3 is 5.32 Å². The maximum Gasteiger partial charge on any atom is 0.0212 e. The average Bonchev–Trinajstić information content (AvgIpc) is 3.06. The van der Waals surface area contributed by atoms with E-state index in [1.165, 1.54) is 50.2 Å². The fraction of sp³-hybridized carbons (Fsp3) is 1.00. The molecule has 3 rings (SSSR count). The molecule has 3 aliphatic rings. The molecule has 1 N–H and O–H groups in total. The SMILES string of the molecule is CC1CC(NC2CCCSC2)CN1C1CC1. The summed E-state index contributed by atoms with van der Waals surface area (Å²) in [6, 6.07) is 3.35. The lowest BCUT2D eigenvalue weighted by Crippen LogP contribution is -2.42. The fourth-order valence-corrected chi connectivity index (χ4v) is 4.38. The van der Waals surface area contributed by atoms with Crippen molar-refractivity contribution in [3.8, 4) is 0 Å². The van der Waals surface area contributed by atoms with Crippen LogP contribution in [0.5, 0.6) is 0 Å². The standard InChI is InChI=1S/C13H24N2S/c1-10-7-12(8-15(10)13-4-5-13)14-11-3-2-6-16-9-11/h10-14H,2-9H2,1H3. The van der Waals surface area contributed by atoms with Crippen molar-refractivity contribution in [3.63, 3.8) is 0 Å². The highest BCUT2D eigenvalue weighted by molar-refractivity contribution is 7.99. The monoisotopic (exact) mass is 240 g/mol. The second-order valence-electron chi connectivity index (χ2n) is 5.79. The zero-order valence-corrected chi connectivity index (χ0v) is 11.1. The first-order valence-electron chi connectivity index (χ1n) is 6.92. The van der Waals surface area contributed by atoms with Crippen molar-refractivity contribution in [2.75, 3.05) is 18.1 Å². The van der Waals surface area contributed by atoms with E-state index < -0.39 is 0 Å². The highest BCUT2D eigenvalue weighted by atomic mass is 32.2. The Labute approximate surface area is 104 Å². The number of hydrogen-bond acceptors (Lipinski definition) is 3. The Morgan fingerprint density at radius 2 is 2.06 bits per heavy atom. The summed E-state index contributed by atoms with van der Waals surface area (Å²) < 4.78 is 0. The third kappa shape index (κ3) is 2.57. The van der Waals surface area contributed by atoms with E-state index in [0.717, 1.165) is 24.2 Å². The molecule has 0 spiro atoms. The van der Waals surface area contributed by atoms with Crippen LogP contribution in [0.1, 0.15) is 39.0 Å². The summed E-state index contributed by atoms with van der Waals surface area (Å²) in [6.45, 7) is 3.72. The quantitative estimate of drug-likeness (QED) is 0.813. The van der Waals surface area contributed by atoms with E-state index in [4.69, 9.17) is 0 Å². The first-order chi connectivity index (χ1) is 7.83. The summed E-state index contributed by atoms with van der Waals surface area (Å²) in [7, 11) is 0. The van der Waals surface area contributed by atoms with Gasteiger partial charge in [-0.15, -0.1) is 0 Å². The summed E-state index contributed by atoms with van der Waals surface area (Å²) in [6.07, 6.45) is 7.10. The minimum atomic E-state index is 0.777. The molecule has 0 aromatic heterocycles. The summed E-state index contributed by atoms with van der Waals surface area (Å²) in [4.78, 5) is 2.74. The molecule has 0 bridgehead atoms. The van der Waals surface area contributed by atoms with Gasteiger partial charge in [0.2, 0.25) is 0 Å². The molecule has 2 nitrogen and oxygen atoms in total. The van der Waals surface area contributed by atoms with E-state index in [0.29, 0.717) is 0 Å². The summed E-state index contributed by atoms with van der Waals surface area (Å²) in [5.41, 5.74) is 0. The zero-order valence-electron chi connectivity index (χ0n) is 10.3. The fourth-order valence-electron chi connectivity index (χ4n) is 3.30. The molecule has 2 aliphatic heterocycles. The summed E-state index contributed by atoms with van der Waals surface area (Å²) in [5.74, 6) is 2.72. The second-order valence-corrected chi connectivity index (χ2v) is 6.94. The molecule has 2 heterocycles. The molecule has 0 radical (unpaired) electrons. The van der Waals surface area contributed by atoms with Gasteiger partial charge >= 0.3 is 0 Å². The largest absolute Gasteiger partial charge is 0.309 e. The summed E-state index contributed by atoms with van der Waals surface area (Å²) in [5, 5.41) is 3.90. The topological polar surface area (TPSA) is 15.3 Å². The molecule has 0 aromatic carbocycles. The van der Waals surface area contributed by atoms with Crippen LogP contribution >= 0.6 is 11.8 Å². The van der Waals surface area contributed by atoms with Crippen LogP contribution in [0.25, 0.3) is 0 Å². The van der Waals surface area contributed by atoms with Gasteiger partial charge in [0.15, 0.2) is 0 Å². The Balaban J connectivity index is 1.48. The number of thioether (sulfide) groups is 1. The van der Waals surface area contributed by atoms with E-state index in [-0.39, 0.29) is 0 Å². The minimum Gasteiger partial charge on any atom is -0.309 e. The van der Waals surface area contributed by atoms with Gasteiger partial charge in [-0.1, -0.05) is 0 Å². The van der Waals surface area contributed by atoms with Crippen molar-refractivity contribution < 1.29 is 0 Å². The summed E-state index contributed by atoms with van der Waals surface area (Å²) >= 11 is 2.13. The Morgan fingerprint density at radius 3 is 2.75 bits per heavy atom. The van der Waals surface area contributed by atoms with Crippen LogP contribution in [0, 0.1) is 0 Å². The molecule has 3 fully saturated rings. The van der Waals surface area contributed by atoms with E-state index in [1.54, 1.807) is 0 Å². The molecule has 0 aromatic rings. The third-order valence-electron chi connectivity index (χ3n) is 4.27. The average molecular weight is 240 g/mol. The lowest BCUT2D eigenvalue weighted by Gasteiger charge is -2.26. The van der Waals surface area contributed by atoms with Gasteiger partial charge in [-0.2, -0.15) is 11.8 Å². The Kier molecular flexibility index (Phi) is 3.46. The van der Waals surface area contributed by atoms with Crippen LogP contribution in [0.4, 0.5) is 0 Å². The van der Waals surface area contributed by atoms with Crippen LogP contribution in [0.3, 0.4) is 0 Å². The van der Waals surface area contributed by atoms with E-state index >= 15 is 0 Å². The molecule has 2 saturated heterocycles. The minimum absolute atomic E-state index is 0.777. The third-order valence-corrected chi connectivity index (χ3v) is 5.49. The Bertz CT molecular complexity index is 236. The zero-order chi connectivity index (χ0) is 11.0. The van der Waals surface area contributed by atoms with Crippen molar-refractivity contribution in [1.82, 2.24) is 10.2 Å². The predicted octanol–water partition coefficient (Wildman–Crippen LogP) is 2.10. The van der Waals surface area contributed by atoms with Gasteiger partial charge in [-0.05, 0) is 44.8 Å². The lowest BCUT2D eigenvalue weighted by atomic mass is 10.1. The first kappa shape index (κ1) is 11.4. The maximum absolute atomic E-state index is 3.90. The molecule has 16 heavy (non-hydrogen) atoms. The molecule has 0 amide bonds. The van der Waals surface area contributed by atoms with Gasteiger partial charge in [0.05, 0.1) is 0 Å². The van der Waals surface area contributed by atoms with Gasteiger partial charge in [-0.3, -0.25) is 4.90 Å². The predicted molar refractivity (Wildman–Crippen MR) is 71.1 cm³/mol. The van der Waals surface area contributed by atoms with Crippen LogP contribution in [0.2, 0.25) is 0 Å². The number of rotatable bonds is 3. The number of likely N-dealkylation sites (tertiary alicyclic amines) is 1. The van der Waals surface area contributed by atoms with E-state index in [1.807, 2.05) is 0 Å². The van der Waals surface area contributed by atoms with Crippen LogP contribution in [0.15, 0.2) is 0 Å². The van der Waals surface area contributed by atoms with Crippen LogP contribution in [-0.2, 0) is 0 Å². The van der Waals surface area contributed by atoms with E-state index in [9.17, 15) is 0 Å². The lowest BCUT2D eigenvalue weighted by molar-refractivity contribution is 0.254. The highest BCUT2D eigenvalue weighted by Gasteiger charge is 2.39. The van der Waals surface area contributed by atoms with Crippen LogP contribution < -0.4 is 5.32 Å². The molecular weight excluding hydrogens is 216 g/mol. The van der Waals surface area contributed by atoms with Crippen molar-refractivity contribution in [2.24, 2.45) is 0 Å². The Morgan fingerprint density at radius 1 is 1.19 bits per heavy atom. The number of nitrogens with one attached hydrogen (secondary N) is 1. The normalized spacial score (nSPS) is 41.4. The molecule has 1 saturated carbocycles. The smallest absolute Gasteiger partial charge is 0.0212 e. The molecule has 92 valence electrons. The van der Waals surface area contributed by atoms with Crippen molar-refractivity contribution in [1.29, 1.82) is 0 Å². The van der Waals surface area contributed by atoms with Crippen molar-refractivity contribution in [2.45, 2.75) is 63.2 Å². The first-order valence-corrected chi connectivity index (χ1v) is 8.08. The van der Waals surface area contributed by atoms with E-state index in [2.05, 4.69) is 28.9 Å². The molecule has 3 unspecified atom stereocenters. The molecule has 1 aliphatic carbocycles. The number of hydrogen-bond donors (Lipinski definition) is 1. The Hall–Kier alpha value is 0.270. The molecule has 3 heteroatoms. The second kappa shape index (κ2) is 4.87. The molecular formula is C13H24N2S. The highest BCUT2D eigenvalue weighted by Crippen LogP contribution is 2.33. The van der Waals surface area contributed by atoms with Gasteiger partial charge in [0.1, 0.15) is 0 Å². The maximum atomic E-state index is 3.90. The van der Waals surface area contributed by atoms with Crippen LogP contribution in [-0.4, -0.2) is 47.1 Å². The van der Waals surface area contributed by atoms with Gasteiger partial charge in [-0.25, -0.2) is 0 Å². The number of nitrogens with zero attached hydrogens (tertiary/aromatic N) is 1. The van der Waals surface area contributed by atoms with Gasteiger partial charge in [0.25, 0.3) is 0 Å². The molecule has 3 atom stereocenters. The van der Waals surface area contributed by atoms with Gasteiger partial charge in [0, 0.05) is 36.5 Å². The van der Waals surface area contributed by atoms with Crippen molar-refractivity contribution in [3.05, 3.63) is 0 Å². The van der Waals surface area contributed by atoms with Crippen molar-refractivity contribution >= 4 is 11.8 Å².